The van der Waals surface area contributed by atoms with Gasteiger partial charge in [0, 0.05) is 11.6 Å². The normalized spacial score (nSPS) is 12.4. The standard InChI is InChI=1S/C19H17F2N2/c1-11-6-12(2)18(13(3)7-11)23-5-4-22-10-14-8-15(20)9-16(21)17(14)19(22)23/h4-9H,10H2,1-3H3/q+1. The van der Waals surface area contributed by atoms with E-state index in [2.05, 4.69) is 32.9 Å². The van der Waals surface area contributed by atoms with Gasteiger partial charge in [0.05, 0.1) is 0 Å². The van der Waals surface area contributed by atoms with E-state index in [-0.39, 0.29) is 0 Å². The highest BCUT2D eigenvalue weighted by atomic mass is 19.1. The summed E-state index contributed by atoms with van der Waals surface area (Å²) in [5.41, 5.74) is 5.72. The molecule has 1 aliphatic heterocycles. The molecule has 2 aromatic carbocycles. The zero-order valence-corrected chi connectivity index (χ0v) is 13.3. The van der Waals surface area contributed by atoms with Crippen LogP contribution in [-0.2, 0) is 6.54 Å². The molecule has 0 N–H and O–H groups in total. The van der Waals surface area contributed by atoms with Crippen molar-refractivity contribution in [2.24, 2.45) is 0 Å². The first-order valence-corrected chi connectivity index (χ1v) is 7.63. The molecule has 116 valence electrons. The van der Waals surface area contributed by atoms with Gasteiger partial charge in [0.15, 0.2) is 0 Å². The summed E-state index contributed by atoms with van der Waals surface area (Å²) in [5.74, 6) is -0.262. The molecule has 1 aliphatic rings. The molecule has 2 nitrogen and oxygen atoms in total. The predicted octanol–water partition coefficient (Wildman–Crippen LogP) is 4.00. The quantitative estimate of drug-likeness (QED) is 0.470. The molecule has 2 heterocycles. The predicted molar refractivity (Wildman–Crippen MR) is 84.6 cm³/mol. The second-order valence-corrected chi connectivity index (χ2v) is 6.29. The maximum absolute atomic E-state index is 14.4. The van der Waals surface area contributed by atoms with Crippen LogP contribution >= 0.6 is 0 Å². The van der Waals surface area contributed by atoms with Gasteiger partial charge in [-0.1, -0.05) is 17.7 Å². The minimum atomic E-state index is -0.527. The van der Waals surface area contributed by atoms with Crippen molar-refractivity contribution in [1.82, 2.24) is 4.57 Å². The van der Waals surface area contributed by atoms with Crippen molar-refractivity contribution in [2.45, 2.75) is 27.3 Å². The van der Waals surface area contributed by atoms with E-state index >= 15 is 0 Å². The van der Waals surface area contributed by atoms with Crippen LogP contribution in [-0.4, -0.2) is 4.57 Å². The fourth-order valence-electron chi connectivity index (χ4n) is 3.74. The Bertz CT molecular complexity index is 931. The number of aryl methyl sites for hydroxylation is 3. The fourth-order valence-corrected chi connectivity index (χ4v) is 3.74. The third-order valence-corrected chi connectivity index (χ3v) is 4.47. The smallest absolute Gasteiger partial charge is 0.225 e. The van der Waals surface area contributed by atoms with Crippen LogP contribution < -0.4 is 4.57 Å². The molecule has 3 aromatic rings. The summed E-state index contributed by atoms with van der Waals surface area (Å²) in [5, 5.41) is 0. The number of imidazole rings is 1. The molecule has 0 spiro atoms. The molecule has 0 saturated carbocycles. The van der Waals surface area contributed by atoms with Crippen molar-refractivity contribution < 1.29 is 13.3 Å². The summed E-state index contributed by atoms with van der Waals surface area (Å²) in [6.07, 6.45) is 3.87. The van der Waals surface area contributed by atoms with E-state index in [4.69, 9.17) is 0 Å². The van der Waals surface area contributed by atoms with Gasteiger partial charge in [-0.05, 0) is 38.0 Å². The largest absolute Gasteiger partial charge is 0.297 e. The van der Waals surface area contributed by atoms with Gasteiger partial charge in [0.25, 0.3) is 5.82 Å². The molecule has 0 fully saturated rings. The molecule has 0 bridgehead atoms. The third-order valence-electron chi connectivity index (χ3n) is 4.47. The Morgan fingerprint density at radius 1 is 1.00 bits per heavy atom. The maximum atomic E-state index is 14.4. The Morgan fingerprint density at radius 2 is 1.70 bits per heavy atom. The molecule has 0 aliphatic carbocycles. The minimum Gasteiger partial charge on any atom is -0.225 e. The molecule has 4 rings (SSSR count). The van der Waals surface area contributed by atoms with Crippen molar-refractivity contribution in [3.05, 3.63) is 70.5 Å². The van der Waals surface area contributed by atoms with Crippen molar-refractivity contribution in [1.29, 1.82) is 0 Å². The van der Waals surface area contributed by atoms with Crippen molar-refractivity contribution in [3.63, 3.8) is 0 Å². The minimum absolute atomic E-state index is 0.496. The van der Waals surface area contributed by atoms with Gasteiger partial charge in [-0.25, -0.2) is 13.3 Å². The number of benzene rings is 2. The summed E-state index contributed by atoms with van der Waals surface area (Å²) in [4.78, 5) is 0. The lowest BCUT2D eigenvalue weighted by Crippen LogP contribution is -2.30. The van der Waals surface area contributed by atoms with E-state index in [0.717, 1.165) is 28.7 Å². The molecule has 4 heteroatoms. The van der Waals surface area contributed by atoms with Gasteiger partial charge >= 0.3 is 0 Å². The van der Waals surface area contributed by atoms with Gasteiger partial charge in [-0.15, -0.1) is 0 Å². The number of nitrogens with zero attached hydrogens (tertiary/aromatic N) is 2. The van der Waals surface area contributed by atoms with Crippen LogP contribution in [0.2, 0.25) is 0 Å². The molecule has 0 unspecified atom stereocenters. The van der Waals surface area contributed by atoms with Crippen LogP contribution in [0.1, 0.15) is 22.3 Å². The summed E-state index contributed by atoms with van der Waals surface area (Å²) in [6, 6.07) is 6.62. The molecule has 1 aromatic heterocycles. The van der Waals surface area contributed by atoms with Crippen LogP contribution in [0.15, 0.2) is 36.7 Å². The van der Waals surface area contributed by atoms with Crippen molar-refractivity contribution in [3.8, 4) is 17.1 Å². The first-order chi connectivity index (χ1) is 11.0. The van der Waals surface area contributed by atoms with E-state index in [1.165, 1.54) is 11.6 Å². The molecule has 0 saturated heterocycles. The van der Waals surface area contributed by atoms with Crippen LogP contribution in [0.5, 0.6) is 0 Å². The van der Waals surface area contributed by atoms with Gasteiger partial charge in [0.2, 0.25) is 0 Å². The second-order valence-electron chi connectivity index (χ2n) is 6.29. The van der Waals surface area contributed by atoms with E-state index in [0.29, 0.717) is 17.7 Å². The highest BCUT2D eigenvalue weighted by molar-refractivity contribution is 5.65. The second kappa shape index (κ2) is 4.75. The van der Waals surface area contributed by atoms with Gasteiger partial charge in [-0.2, -0.15) is 4.57 Å². The molecule has 0 amide bonds. The third kappa shape index (κ3) is 2.01. The number of hydrogen-bond donors (Lipinski definition) is 0. The zero-order chi connectivity index (χ0) is 16.3. The van der Waals surface area contributed by atoms with Gasteiger partial charge < -0.3 is 0 Å². The van der Waals surface area contributed by atoms with Crippen LogP contribution in [0.4, 0.5) is 8.78 Å². The number of fused-ring (bicyclic) bond motifs is 3. The van der Waals surface area contributed by atoms with Crippen LogP contribution in [0.25, 0.3) is 17.1 Å². The lowest BCUT2D eigenvalue weighted by molar-refractivity contribution is -0.671. The van der Waals surface area contributed by atoms with E-state index in [1.807, 2.05) is 21.5 Å². The van der Waals surface area contributed by atoms with E-state index < -0.39 is 11.6 Å². The summed E-state index contributed by atoms with van der Waals surface area (Å²) in [6.45, 7) is 6.68. The fraction of sp³-hybridized carbons (Fsp3) is 0.211. The number of halogens is 2. The maximum Gasteiger partial charge on any atom is 0.297 e. The Morgan fingerprint density at radius 3 is 2.39 bits per heavy atom. The van der Waals surface area contributed by atoms with Crippen LogP contribution in [0.3, 0.4) is 0 Å². The first kappa shape index (κ1) is 14.1. The highest BCUT2D eigenvalue weighted by Crippen LogP contribution is 2.33. The van der Waals surface area contributed by atoms with Crippen molar-refractivity contribution >= 4 is 0 Å². The Balaban J connectivity index is 2.01. The zero-order valence-electron chi connectivity index (χ0n) is 13.3. The number of aromatic nitrogens is 2. The molecule has 0 atom stereocenters. The van der Waals surface area contributed by atoms with E-state index in [9.17, 15) is 8.78 Å². The average molecular weight is 311 g/mol. The monoisotopic (exact) mass is 311 g/mol. The van der Waals surface area contributed by atoms with Gasteiger partial charge in [0.1, 0.15) is 41.8 Å². The Hall–Kier alpha value is -2.49. The summed E-state index contributed by atoms with van der Waals surface area (Å²) >= 11 is 0. The molecular weight excluding hydrogens is 294 g/mol. The number of rotatable bonds is 1. The summed E-state index contributed by atoms with van der Waals surface area (Å²) < 4.78 is 31.9. The molecular formula is C19H17F2N2+. The average Bonchev–Trinajstić information content (AvgIpc) is 2.96. The first-order valence-electron chi connectivity index (χ1n) is 7.63. The summed E-state index contributed by atoms with van der Waals surface area (Å²) in [7, 11) is 0. The Labute approximate surface area is 133 Å². The lowest BCUT2D eigenvalue weighted by atomic mass is 10.0. The van der Waals surface area contributed by atoms with Gasteiger partial charge in [-0.3, -0.25) is 0 Å². The number of hydrogen-bond acceptors (Lipinski definition) is 0. The topological polar surface area (TPSA) is 8.81 Å². The van der Waals surface area contributed by atoms with E-state index in [1.54, 1.807) is 0 Å². The lowest BCUT2D eigenvalue weighted by Gasteiger charge is -2.09. The molecule has 23 heavy (non-hydrogen) atoms. The van der Waals surface area contributed by atoms with Crippen LogP contribution in [0, 0.1) is 32.4 Å². The van der Waals surface area contributed by atoms with Crippen molar-refractivity contribution in [2.75, 3.05) is 0 Å². The SMILES string of the molecule is Cc1cc(C)c(-n2cc[n+]3c2-c2c(F)cc(F)cc2C3)c(C)c1. The molecule has 0 radical (unpaired) electrons. The Kier molecular flexibility index (Phi) is 2.92. The highest BCUT2D eigenvalue weighted by Gasteiger charge is 2.34.